The fourth-order valence-corrected chi connectivity index (χ4v) is 2.27. The second-order valence-corrected chi connectivity index (χ2v) is 4.95. The van der Waals surface area contributed by atoms with Crippen LogP contribution in [0.1, 0.15) is 41.6 Å². The number of hydrogen-bond donors (Lipinski definition) is 1. The maximum absolute atomic E-state index is 13.0. The maximum atomic E-state index is 13.0. The lowest BCUT2D eigenvalue weighted by atomic mass is 9.96. The normalized spacial score (nSPS) is 19.4. The summed E-state index contributed by atoms with van der Waals surface area (Å²) >= 11 is 0. The number of primary amides is 1. The Morgan fingerprint density at radius 2 is 2.05 bits per heavy atom. The van der Waals surface area contributed by atoms with Crippen LogP contribution in [0.15, 0.2) is 18.2 Å². The van der Waals surface area contributed by atoms with Crippen LogP contribution in [0.2, 0.25) is 0 Å². The van der Waals surface area contributed by atoms with Crippen LogP contribution < -0.4 is 10.5 Å². The van der Waals surface area contributed by atoms with E-state index in [-0.39, 0.29) is 23.5 Å². The van der Waals surface area contributed by atoms with Gasteiger partial charge in [0, 0.05) is 18.4 Å². The number of amides is 1. The molecule has 0 radical (unpaired) electrons. The van der Waals surface area contributed by atoms with Crippen molar-refractivity contribution in [1.82, 2.24) is 0 Å². The molecule has 1 aliphatic rings. The Hall–Kier alpha value is -2.05. The summed E-state index contributed by atoms with van der Waals surface area (Å²) in [6.07, 6.45) is -3.56. The monoisotopic (exact) mass is 301 g/mol. The van der Waals surface area contributed by atoms with E-state index in [2.05, 4.69) is 0 Å². The van der Waals surface area contributed by atoms with E-state index in [1.165, 1.54) is 6.07 Å². The Bertz CT molecular complexity index is 569. The van der Waals surface area contributed by atoms with Gasteiger partial charge in [0.2, 0.25) is 5.91 Å². The molecule has 1 fully saturated rings. The first kappa shape index (κ1) is 15.3. The molecule has 1 saturated carbocycles. The molecule has 0 bridgehead atoms. The number of hydrogen-bond acceptors (Lipinski definition) is 3. The van der Waals surface area contributed by atoms with Crippen LogP contribution in [-0.2, 0) is 11.0 Å². The average molecular weight is 301 g/mol. The fourth-order valence-electron chi connectivity index (χ4n) is 2.27. The standard InChI is InChI=1S/C14H14F3NO3/c15-14(16,17)11-6-8(13(18)20)4-5-12(11)21-10-3-1-2-9(19)7-10/h4-6,10H,1-3,7H2,(H2,18,20). The number of carbonyl (C=O) groups is 2. The number of carbonyl (C=O) groups excluding carboxylic acids is 2. The summed E-state index contributed by atoms with van der Waals surface area (Å²) in [6.45, 7) is 0. The summed E-state index contributed by atoms with van der Waals surface area (Å²) < 4.78 is 44.4. The molecule has 1 amide bonds. The highest BCUT2D eigenvalue weighted by Gasteiger charge is 2.36. The third-order valence-corrected chi connectivity index (χ3v) is 3.30. The number of benzene rings is 1. The molecule has 1 aliphatic carbocycles. The Balaban J connectivity index is 2.29. The van der Waals surface area contributed by atoms with E-state index in [0.717, 1.165) is 6.07 Å². The highest BCUT2D eigenvalue weighted by molar-refractivity contribution is 5.93. The third kappa shape index (κ3) is 3.74. The summed E-state index contributed by atoms with van der Waals surface area (Å²) in [4.78, 5) is 22.3. The summed E-state index contributed by atoms with van der Waals surface area (Å²) in [5.41, 5.74) is 3.69. The lowest BCUT2D eigenvalue weighted by Gasteiger charge is -2.24. The lowest BCUT2D eigenvalue weighted by molar-refractivity contribution is -0.139. The Labute approximate surface area is 119 Å². The van der Waals surface area contributed by atoms with Crippen molar-refractivity contribution in [2.45, 2.75) is 38.0 Å². The van der Waals surface area contributed by atoms with Crippen molar-refractivity contribution < 1.29 is 27.5 Å². The van der Waals surface area contributed by atoms with E-state index < -0.39 is 23.8 Å². The molecule has 1 aromatic rings. The highest BCUT2D eigenvalue weighted by atomic mass is 19.4. The molecule has 0 spiro atoms. The number of halogens is 3. The zero-order valence-corrected chi connectivity index (χ0v) is 11.1. The molecular weight excluding hydrogens is 287 g/mol. The number of alkyl halides is 3. The Morgan fingerprint density at radius 3 is 2.62 bits per heavy atom. The van der Waals surface area contributed by atoms with Gasteiger partial charge in [0.05, 0.1) is 5.56 Å². The second kappa shape index (κ2) is 5.75. The number of nitrogens with two attached hydrogens (primary N) is 1. The summed E-state index contributed by atoms with van der Waals surface area (Å²) in [5.74, 6) is -1.35. The number of Topliss-reactive ketones (excluding diaryl/α,β-unsaturated/α-hetero) is 1. The van der Waals surface area contributed by atoms with Crippen molar-refractivity contribution in [1.29, 1.82) is 0 Å². The van der Waals surface area contributed by atoms with Crippen molar-refractivity contribution in [3.63, 3.8) is 0 Å². The van der Waals surface area contributed by atoms with Crippen LogP contribution in [0.5, 0.6) is 5.75 Å². The number of ether oxygens (including phenoxy) is 1. The molecule has 114 valence electrons. The summed E-state index contributed by atoms with van der Waals surface area (Å²) in [6, 6.07) is 2.92. The van der Waals surface area contributed by atoms with Gasteiger partial charge in [0.25, 0.3) is 0 Å². The molecule has 1 unspecified atom stereocenters. The average Bonchev–Trinajstić information content (AvgIpc) is 2.37. The van der Waals surface area contributed by atoms with Gasteiger partial charge < -0.3 is 10.5 Å². The largest absolute Gasteiger partial charge is 0.489 e. The SMILES string of the molecule is NC(=O)c1ccc(OC2CCCC(=O)C2)c(C(F)(F)F)c1. The van der Waals surface area contributed by atoms with Gasteiger partial charge in [-0.3, -0.25) is 9.59 Å². The highest BCUT2D eigenvalue weighted by Crippen LogP contribution is 2.38. The molecule has 4 nitrogen and oxygen atoms in total. The third-order valence-electron chi connectivity index (χ3n) is 3.30. The first-order valence-corrected chi connectivity index (χ1v) is 6.47. The van der Waals surface area contributed by atoms with Crippen LogP contribution in [-0.4, -0.2) is 17.8 Å². The van der Waals surface area contributed by atoms with Gasteiger partial charge in [-0.1, -0.05) is 0 Å². The maximum Gasteiger partial charge on any atom is 0.419 e. The Kier molecular flexibility index (Phi) is 4.20. The first-order chi connectivity index (χ1) is 9.77. The molecule has 21 heavy (non-hydrogen) atoms. The molecule has 0 aliphatic heterocycles. The minimum atomic E-state index is -4.67. The molecule has 2 rings (SSSR count). The zero-order chi connectivity index (χ0) is 15.6. The van der Waals surface area contributed by atoms with Gasteiger partial charge >= 0.3 is 6.18 Å². The van der Waals surface area contributed by atoms with E-state index in [0.29, 0.717) is 25.3 Å². The van der Waals surface area contributed by atoms with Crippen LogP contribution in [0.3, 0.4) is 0 Å². The molecule has 7 heteroatoms. The van der Waals surface area contributed by atoms with Crippen LogP contribution >= 0.6 is 0 Å². The Morgan fingerprint density at radius 1 is 1.33 bits per heavy atom. The van der Waals surface area contributed by atoms with E-state index in [4.69, 9.17) is 10.5 Å². The smallest absolute Gasteiger partial charge is 0.419 e. The van der Waals surface area contributed by atoms with Crippen molar-refractivity contribution >= 4 is 11.7 Å². The van der Waals surface area contributed by atoms with Crippen molar-refractivity contribution in [2.24, 2.45) is 5.73 Å². The van der Waals surface area contributed by atoms with Crippen molar-refractivity contribution in [3.8, 4) is 5.75 Å². The number of rotatable bonds is 3. The predicted octanol–water partition coefficient (Wildman–Crippen LogP) is 2.69. The molecular formula is C14H14F3NO3. The van der Waals surface area contributed by atoms with E-state index in [9.17, 15) is 22.8 Å². The molecule has 0 aromatic heterocycles. The lowest BCUT2D eigenvalue weighted by Crippen LogP contribution is -2.26. The minimum Gasteiger partial charge on any atom is -0.489 e. The summed E-state index contributed by atoms with van der Waals surface area (Å²) in [5, 5.41) is 0. The fraction of sp³-hybridized carbons (Fsp3) is 0.429. The van der Waals surface area contributed by atoms with Gasteiger partial charge in [-0.05, 0) is 31.0 Å². The first-order valence-electron chi connectivity index (χ1n) is 6.47. The van der Waals surface area contributed by atoms with Gasteiger partial charge in [0.15, 0.2) is 0 Å². The second-order valence-electron chi connectivity index (χ2n) is 4.95. The molecule has 1 atom stereocenters. The van der Waals surface area contributed by atoms with Crippen LogP contribution in [0.4, 0.5) is 13.2 Å². The summed E-state index contributed by atoms with van der Waals surface area (Å²) in [7, 11) is 0. The molecule has 1 aromatic carbocycles. The number of ketones is 1. The molecule has 2 N–H and O–H groups in total. The van der Waals surface area contributed by atoms with Crippen LogP contribution in [0.25, 0.3) is 0 Å². The minimum absolute atomic E-state index is 0.0198. The predicted molar refractivity (Wildman–Crippen MR) is 67.9 cm³/mol. The molecule has 0 saturated heterocycles. The van der Waals surface area contributed by atoms with Gasteiger partial charge in [0.1, 0.15) is 17.6 Å². The van der Waals surface area contributed by atoms with Crippen molar-refractivity contribution in [3.05, 3.63) is 29.3 Å². The zero-order valence-electron chi connectivity index (χ0n) is 11.1. The topological polar surface area (TPSA) is 69.4 Å². The van der Waals surface area contributed by atoms with Gasteiger partial charge in [-0.2, -0.15) is 13.2 Å². The van der Waals surface area contributed by atoms with E-state index in [1.54, 1.807) is 0 Å². The quantitative estimate of drug-likeness (QED) is 0.933. The van der Waals surface area contributed by atoms with Crippen LogP contribution in [0, 0.1) is 0 Å². The van der Waals surface area contributed by atoms with Crippen molar-refractivity contribution in [2.75, 3.05) is 0 Å². The van der Waals surface area contributed by atoms with E-state index in [1.807, 2.05) is 0 Å². The van der Waals surface area contributed by atoms with E-state index >= 15 is 0 Å². The molecule has 0 heterocycles. The van der Waals surface area contributed by atoms with Gasteiger partial charge in [-0.15, -0.1) is 0 Å². The van der Waals surface area contributed by atoms with Gasteiger partial charge in [-0.25, -0.2) is 0 Å².